The van der Waals surface area contributed by atoms with Crippen LogP contribution in [0.3, 0.4) is 0 Å². The third kappa shape index (κ3) is 7.80. The van der Waals surface area contributed by atoms with Crippen molar-refractivity contribution in [2.45, 2.75) is 52.7 Å². The van der Waals surface area contributed by atoms with Crippen LogP contribution in [0.1, 0.15) is 62.8 Å². The van der Waals surface area contributed by atoms with Gasteiger partial charge in [-0.05, 0) is 67.0 Å². The Balaban J connectivity index is 1.67. The minimum atomic E-state index is -0.789. The number of carbonyl (C=O) groups excluding carboxylic acids is 2. The summed E-state index contributed by atoms with van der Waals surface area (Å²) in [5, 5.41) is 11.5. The van der Waals surface area contributed by atoms with E-state index in [9.17, 15) is 14.7 Å². The van der Waals surface area contributed by atoms with Crippen LogP contribution in [-0.2, 0) is 16.2 Å². The lowest BCUT2D eigenvalue weighted by Gasteiger charge is -2.28. The van der Waals surface area contributed by atoms with Crippen LogP contribution in [0.15, 0.2) is 78.4 Å². The van der Waals surface area contributed by atoms with Crippen LogP contribution in [0, 0.1) is 0 Å². The smallest absolute Gasteiger partial charge is 0.295 e. The fourth-order valence-electron chi connectivity index (χ4n) is 5.36. The highest BCUT2D eigenvalue weighted by molar-refractivity contribution is 6.46. The highest BCUT2D eigenvalue weighted by atomic mass is 16.5. The first kappa shape index (κ1) is 32.6. The van der Waals surface area contributed by atoms with Gasteiger partial charge in [-0.2, -0.15) is 0 Å². The number of Topliss-reactive ketones (excluding diaryl/α,β-unsaturated/α-hetero) is 1. The van der Waals surface area contributed by atoms with Gasteiger partial charge in [0.05, 0.1) is 25.3 Å². The molecule has 44 heavy (non-hydrogen) atoms. The number of aliphatic hydroxyl groups is 1. The van der Waals surface area contributed by atoms with E-state index in [0.29, 0.717) is 54.7 Å². The molecule has 1 saturated heterocycles. The standard InChI is InChI=1S/C36H44N2O6/c1-5-8-12-23-43-30-20-17-28(24-31(30)42-4)33-32(35(40)36(41)38(33)22-21-37(6-2)7-3)34(39)27-15-18-29(19-16-27)44-25-26-13-10-9-11-14-26/h9-11,13-20,24,33,39H,5-8,12,21-23,25H2,1-4H3. The molecule has 1 aliphatic heterocycles. The van der Waals surface area contributed by atoms with E-state index in [2.05, 4.69) is 25.7 Å². The number of likely N-dealkylation sites (tertiary alicyclic amines) is 1. The maximum Gasteiger partial charge on any atom is 0.295 e. The second-order valence-electron chi connectivity index (χ2n) is 10.8. The van der Waals surface area contributed by atoms with E-state index in [1.807, 2.05) is 42.5 Å². The molecule has 234 valence electrons. The van der Waals surface area contributed by atoms with Gasteiger partial charge in [-0.25, -0.2) is 0 Å². The summed E-state index contributed by atoms with van der Waals surface area (Å²) in [5.41, 5.74) is 2.17. The molecule has 4 rings (SSSR count). The summed E-state index contributed by atoms with van der Waals surface area (Å²) in [6.07, 6.45) is 3.10. The monoisotopic (exact) mass is 600 g/mol. The SMILES string of the molecule is CCCCCOc1ccc(C2C(=C(O)c3ccc(OCc4ccccc4)cc3)C(=O)C(=O)N2CCN(CC)CC)cc1OC. The summed E-state index contributed by atoms with van der Waals surface area (Å²) in [6, 6.07) is 21.4. The van der Waals surface area contributed by atoms with Crippen molar-refractivity contribution in [3.63, 3.8) is 0 Å². The van der Waals surface area contributed by atoms with Gasteiger partial charge in [-0.3, -0.25) is 9.59 Å². The molecule has 0 aromatic heterocycles. The van der Waals surface area contributed by atoms with Gasteiger partial charge < -0.3 is 29.1 Å². The lowest BCUT2D eigenvalue weighted by Crippen LogP contribution is -2.38. The Labute approximate surface area is 260 Å². The molecular weight excluding hydrogens is 556 g/mol. The predicted molar refractivity (Wildman–Crippen MR) is 172 cm³/mol. The van der Waals surface area contributed by atoms with E-state index in [1.165, 1.54) is 0 Å². The maximum absolute atomic E-state index is 13.5. The van der Waals surface area contributed by atoms with E-state index < -0.39 is 17.7 Å². The zero-order chi connectivity index (χ0) is 31.5. The molecule has 1 aliphatic rings. The Bertz CT molecular complexity index is 1420. The van der Waals surface area contributed by atoms with Crippen molar-refractivity contribution in [3.05, 3.63) is 95.1 Å². The number of hydrogen-bond acceptors (Lipinski definition) is 7. The van der Waals surface area contributed by atoms with Crippen LogP contribution < -0.4 is 14.2 Å². The Kier molecular flexibility index (Phi) is 11.8. The van der Waals surface area contributed by atoms with E-state index in [1.54, 1.807) is 42.3 Å². The maximum atomic E-state index is 13.5. The predicted octanol–water partition coefficient (Wildman–Crippen LogP) is 6.61. The summed E-state index contributed by atoms with van der Waals surface area (Å²) in [4.78, 5) is 30.8. The lowest BCUT2D eigenvalue weighted by atomic mass is 9.95. The molecule has 8 heteroatoms. The summed E-state index contributed by atoms with van der Waals surface area (Å²) in [7, 11) is 1.57. The van der Waals surface area contributed by atoms with Crippen molar-refractivity contribution < 1.29 is 28.9 Å². The van der Waals surface area contributed by atoms with Crippen molar-refractivity contribution in [1.82, 2.24) is 9.80 Å². The number of methoxy groups -OCH3 is 1. The molecule has 0 saturated carbocycles. The first-order valence-corrected chi connectivity index (χ1v) is 15.5. The average molecular weight is 601 g/mol. The van der Waals surface area contributed by atoms with Crippen LogP contribution >= 0.6 is 0 Å². The number of ketones is 1. The van der Waals surface area contributed by atoms with Crippen molar-refractivity contribution in [2.24, 2.45) is 0 Å². The number of amides is 1. The summed E-state index contributed by atoms with van der Waals surface area (Å²) < 4.78 is 17.5. The van der Waals surface area contributed by atoms with Crippen molar-refractivity contribution in [2.75, 3.05) is 39.9 Å². The van der Waals surface area contributed by atoms with Crippen LogP contribution in [0.4, 0.5) is 0 Å². The molecule has 1 fully saturated rings. The van der Waals surface area contributed by atoms with Gasteiger partial charge in [0.2, 0.25) is 0 Å². The van der Waals surface area contributed by atoms with Crippen LogP contribution in [-0.4, -0.2) is 66.5 Å². The zero-order valence-electron chi connectivity index (χ0n) is 26.3. The molecule has 3 aromatic carbocycles. The largest absolute Gasteiger partial charge is 0.507 e. The highest BCUT2D eigenvalue weighted by Crippen LogP contribution is 2.42. The Morgan fingerprint density at radius 2 is 1.61 bits per heavy atom. The van der Waals surface area contributed by atoms with Crippen LogP contribution in [0.25, 0.3) is 5.76 Å². The zero-order valence-corrected chi connectivity index (χ0v) is 26.3. The molecule has 0 aliphatic carbocycles. The van der Waals surface area contributed by atoms with Crippen LogP contribution in [0.5, 0.6) is 17.2 Å². The van der Waals surface area contributed by atoms with Crippen LogP contribution in [0.2, 0.25) is 0 Å². The Morgan fingerprint density at radius 3 is 2.27 bits per heavy atom. The molecule has 8 nitrogen and oxygen atoms in total. The van der Waals surface area contributed by atoms with E-state index in [-0.39, 0.29) is 11.3 Å². The van der Waals surface area contributed by atoms with Gasteiger partial charge >= 0.3 is 0 Å². The van der Waals surface area contributed by atoms with Gasteiger partial charge in [0.25, 0.3) is 11.7 Å². The molecule has 0 bridgehead atoms. The topological polar surface area (TPSA) is 88.5 Å². The number of carbonyl (C=O) groups is 2. The fourth-order valence-corrected chi connectivity index (χ4v) is 5.36. The fraction of sp³-hybridized carbons (Fsp3) is 0.389. The molecule has 1 atom stereocenters. The Morgan fingerprint density at radius 1 is 0.886 bits per heavy atom. The summed E-state index contributed by atoms with van der Waals surface area (Å²) >= 11 is 0. The van der Waals surface area contributed by atoms with Gasteiger partial charge in [-0.15, -0.1) is 0 Å². The van der Waals surface area contributed by atoms with Crippen molar-refractivity contribution in [1.29, 1.82) is 0 Å². The van der Waals surface area contributed by atoms with E-state index in [0.717, 1.165) is 37.9 Å². The number of aliphatic hydroxyl groups excluding tert-OH is 1. The number of ether oxygens (including phenoxy) is 3. The summed E-state index contributed by atoms with van der Waals surface area (Å²) in [5.74, 6) is 0.153. The van der Waals surface area contributed by atoms with Gasteiger partial charge in [0.1, 0.15) is 18.1 Å². The Hall–Kier alpha value is -4.30. The third-order valence-electron chi connectivity index (χ3n) is 7.98. The second-order valence-corrected chi connectivity index (χ2v) is 10.8. The first-order chi connectivity index (χ1) is 21.4. The summed E-state index contributed by atoms with van der Waals surface area (Å²) in [6.45, 7) is 9.81. The highest BCUT2D eigenvalue weighted by Gasteiger charge is 2.46. The first-order valence-electron chi connectivity index (χ1n) is 15.5. The number of rotatable bonds is 16. The lowest BCUT2D eigenvalue weighted by molar-refractivity contribution is -0.140. The molecule has 1 N–H and O–H groups in total. The number of nitrogens with zero attached hydrogens (tertiary/aromatic N) is 2. The van der Waals surface area contributed by atoms with E-state index in [4.69, 9.17) is 14.2 Å². The minimum absolute atomic E-state index is 0.0474. The molecule has 3 aromatic rings. The third-order valence-corrected chi connectivity index (χ3v) is 7.98. The molecule has 1 unspecified atom stereocenters. The molecule has 0 spiro atoms. The number of hydrogen-bond donors (Lipinski definition) is 1. The van der Waals surface area contributed by atoms with Crippen molar-refractivity contribution in [3.8, 4) is 17.2 Å². The number of benzene rings is 3. The van der Waals surface area contributed by atoms with Gasteiger partial charge in [0, 0.05) is 18.7 Å². The molecule has 0 radical (unpaired) electrons. The molecule has 1 heterocycles. The van der Waals surface area contributed by atoms with Crippen molar-refractivity contribution >= 4 is 17.4 Å². The quantitative estimate of drug-likeness (QED) is 0.0857. The molecular formula is C36H44N2O6. The normalized spacial score (nSPS) is 16.0. The number of likely N-dealkylation sites (N-methyl/N-ethyl adjacent to an activating group) is 1. The van der Waals surface area contributed by atoms with Gasteiger partial charge in [0.15, 0.2) is 11.5 Å². The van der Waals surface area contributed by atoms with Gasteiger partial charge in [-0.1, -0.05) is 70.0 Å². The number of unbranched alkanes of at least 4 members (excludes halogenated alkanes) is 2. The average Bonchev–Trinajstić information content (AvgIpc) is 3.31. The molecule has 1 amide bonds. The van der Waals surface area contributed by atoms with E-state index >= 15 is 0 Å². The second kappa shape index (κ2) is 16.0. The minimum Gasteiger partial charge on any atom is -0.507 e.